The van der Waals surface area contributed by atoms with Crippen molar-refractivity contribution < 1.29 is 4.79 Å². The van der Waals surface area contributed by atoms with Crippen LogP contribution in [0, 0.1) is 6.92 Å². The number of anilines is 1. The van der Waals surface area contributed by atoms with Crippen LogP contribution in [0.4, 0.5) is 5.82 Å². The molecule has 6 heteroatoms. The summed E-state index contributed by atoms with van der Waals surface area (Å²) >= 11 is 0. The van der Waals surface area contributed by atoms with E-state index in [2.05, 4.69) is 15.3 Å². The maximum atomic E-state index is 13.4. The number of carbonyl (C=O) groups excluding carboxylic acids is 1. The maximum absolute atomic E-state index is 13.4. The molecule has 0 saturated heterocycles. The highest BCUT2D eigenvalue weighted by molar-refractivity contribution is 6.04. The lowest BCUT2D eigenvalue weighted by Gasteiger charge is -2.28. The zero-order chi connectivity index (χ0) is 17.9. The number of rotatable bonds is 5. The fourth-order valence-corrected chi connectivity index (χ4v) is 3.10. The first-order valence-electron chi connectivity index (χ1n) is 8.92. The number of nitrogens with zero attached hydrogens (tertiary/aromatic N) is 5. The zero-order valence-electron chi connectivity index (χ0n) is 14.7. The van der Waals surface area contributed by atoms with Crippen LogP contribution in [-0.4, -0.2) is 25.9 Å². The van der Waals surface area contributed by atoms with Crippen LogP contribution in [0.1, 0.15) is 47.1 Å². The first kappa shape index (κ1) is 16.4. The minimum atomic E-state index is -0.101. The Kier molecular flexibility index (Phi) is 4.48. The monoisotopic (exact) mass is 347 g/mol. The zero-order valence-corrected chi connectivity index (χ0v) is 14.7. The molecule has 1 aromatic carbocycles. The molecule has 6 nitrogen and oxygen atoms in total. The molecule has 0 N–H and O–H groups in total. The van der Waals surface area contributed by atoms with E-state index in [9.17, 15) is 4.79 Å². The molecule has 0 unspecified atom stereocenters. The molecule has 1 aliphatic carbocycles. The molecule has 0 radical (unpaired) electrons. The van der Waals surface area contributed by atoms with Crippen molar-refractivity contribution in [2.24, 2.45) is 0 Å². The summed E-state index contributed by atoms with van der Waals surface area (Å²) < 4.78 is 1.87. The number of aromatic nitrogens is 4. The molecule has 0 spiro atoms. The summed E-state index contributed by atoms with van der Waals surface area (Å²) in [4.78, 5) is 15.0. The standard InChI is InChI=1S/C20H21N5O/c1-15-10-11-19(23-22-15)24(14-16-6-3-2-4-7-16)20(26)18-12-13-21-25(18)17-8-5-9-17/h2-4,6-7,10-13,17H,5,8-9,14H2,1H3. The van der Waals surface area contributed by atoms with Gasteiger partial charge in [0.1, 0.15) is 5.69 Å². The number of hydrogen-bond acceptors (Lipinski definition) is 4. The van der Waals surface area contributed by atoms with Gasteiger partial charge in [0.05, 0.1) is 18.3 Å². The van der Waals surface area contributed by atoms with E-state index in [-0.39, 0.29) is 5.91 Å². The fourth-order valence-electron chi connectivity index (χ4n) is 3.10. The molecular formula is C20H21N5O. The van der Waals surface area contributed by atoms with Gasteiger partial charge < -0.3 is 0 Å². The van der Waals surface area contributed by atoms with Gasteiger partial charge in [0, 0.05) is 6.20 Å². The minimum Gasteiger partial charge on any atom is -0.285 e. The van der Waals surface area contributed by atoms with Gasteiger partial charge in [-0.25, -0.2) is 0 Å². The summed E-state index contributed by atoms with van der Waals surface area (Å²) in [6.45, 7) is 2.32. The van der Waals surface area contributed by atoms with Gasteiger partial charge >= 0.3 is 0 Å². The Balaban J connectivity index is 1.69. The Hall–Kier alpha value is -3.02. The Morgan fingerprint density at radius 1 is 1.12 bits per heavy atom. The fraction of sp³-hybridized carbons (Fsp3) is 0.300. The molecule has 4 rings (SSSR count). The number of amides is 1. The molecule has 0 aliphatic heterocycles. The summed E-state index contributed by atoms with van der Waals surface area (Å²) in [5, 5.41) is 12.8. The molecule has 2 aromatic heterocycles. The van der Waals surface area contributed by atoms with Crippen LogP contribution in [0.5, 0.6) is 0 Å². The lowest BCUT2D eigenvalue weighted by Crippen LogP contribution is -2.34. The van der Waals surface area contributed by atoms with Crippen molar-refractivity contribution in [2.45, 2.75) is 38.8 Å². The van der Waals surface area contributed by atoms with Gasteiger partial charge in [-0.3, -0.25) is 14.4 Å². The second-order valence-corrected chi connectivity index (χ2v) is 6.66. The molecular weight excluding hydrogens is 326 g/mol. The Bertz CT molecular complexity index is 884. The maximum Gasteiger partial charge on any atom is 0.278 e. The van der Waals surface area contributed by atoms with Gasteiger partial charge in [0.15, 0.2) is 5.82 Å². The third-order valence-electron chi connectivity index (χ3n) is 4.80. The average Bonchev–Trinajstić information content (AvgIpc) is 3.08. The predicted molar refractivity (Wildman–Crippen MR) is 98.8 cm³/mol. The van der Waals surface area contributed by atoms with Crippen molar-refractivity contribution in [1.82, 2.24) is 20.0 Å². The normalized spacial score (nSPS) is 14.0. The third kappa shape index (κ3) is 3.22. The van der Waals surface area contributed by atoms with Crippen molar-refractivity contribution >= 4 is 11.7 Å². The van der Waals surface area contributed by atoms with E-state index < -0.39 is 0 Å². The highest BCUT2D eigenvalue weighted by atomic mass is 16.2. The largest absolute Gasteiger partial charge is 0.285 e. The van der Waals surface area contributed by atoms with Crippen LogP contribution < -0.4 is 4.90 Å². The molecule has 1 saturated carbocycles. The van der Waals surface area contributed by atoms with Crippen molar-refractivity contribution in [2.75, 3.05) is 4.90 Å². The lowest BCUT2D eigenvalue weighted by molar-refractivity contribution is 0.0966. The van der Waals surface area contributed by atoms with E-state index in [0.29, 0.717) is 24.1 Å². The molecule has 3 aromatic rings. The molecule has 26 heavy (non-hydrogen) atoms. The van der Waals surface area contributed by atoms with Gasteiger partial charge in [0.2, 0.25) is 0 Å². The van der Waals surface area contributed by atoms with E-state index in [0.717, 1.165) is 24.1 Å². The molecule has 1 amide bonds. The summed E-state index contributed by atoms with van der Waals surface area (Å²) in [6.07, 6.45) is 5.04. The molecule has 0 atom stereocenters. The predicted octanol–water partition coefficient (Wildman–Crippen LogP) is 3.55. The topological polar surface area (TPSA) is 63.9 Å². The SMILES string of the molecule is Cc1ccc(N(Cc2ccccc2)C(=O)c2ccnn2C2CCC2)nn1. The highest BCUT2D eigenvalue weighted by Gasteiger charge is 2.28. The Morgan fingerprint density at radius 3 is 2.58 bits per heavy atom. The van der Waals surface area contributed by atoms with Crippen LogP contribution in [0.25, 0.3) is 0 Å². The first-order valence-corrected chi connectivity index (χ1v) is 8.92. The van der Waals surface area contributed by atoms with Gasteiger partial charge in [-0.15, -0.1) is 5.10 Å². The molecule has 0 bridgehead atoms. The minimum absolute atomic E-state index is 0.101. The first-order chi connectivity index (χ1) is 12.7. The number of benzene rings is 1. The van der Waals surface area contributed by atoms with Crippen molar-refractivity contribution in [3.05, 3.63) is 71.7 Å². The Morgan fingerprint density at radius 2 is 1.92 bits per heavy atom. The third-order valence-corrected chi connectivity index (χ3v) is 4.80. The lowest BCUT2D eigenvalue weighted by atomic mass is 9.93. The average molecular weight is 347 g/mol. The van der Waals surface area contributed by atoms with E-state index in [1.54, 1.807) is 17.2 Å². The van der Waals surface area contributed by atoms with E-state index >= 15 is 0 Å². The summed E-state index contributed by atoms with van der Waals surface area (Å²) in [5.74, 6) is 0.446. The van der Waals surface area contributed by atoms with Crippen molar-refractivity contribution in [3.63, 3.8) is 0 Å². The van der Waals surface area contributed by atoms with Gasteiger partial charge in [-0.05, 0) is 49.9 Å². The quantitative estimate of drug-likeness (QED) is 0.708. The van der Waals surface area contributed by atoms with E-state index in [4.69, 9.17) is 0 Å². The van der Waals surface area contributed by atoms with Crippen LogP contribution in [0.3, 0.4) is 0 Å². The molecule has 1 fully saturated rings. The van der Waals surface area contributed by atoms with Crippen LogP contribution in [0.15, 0.2) is 54.7 Å². The van der Waals surface area contributed by atoms with E-state index in [1.165, 1.54) is 6.42 Å². The highest BCUT2D eigenvalue weighted by Crippen LogP contribution is 2.32. The summed E-state index contributed by atoms with van der Waals surface area (Å²) in [7, 11) is 0. The molecule has 132 valence electrons. The van der Waals surface area contributed by atoms with Crippen molar-refractivity contribution in [3.8, 4) is 0 Å². The second-order valence-electron chi connectivity index (χ2n) is 6.66. The summed E-state index contributed by atoms with van der Waals surface area (Å²) in [6, 6.07) is 15.7. The van der Waals surface area contributed by atoms with Crippen LogP contribution >= 0.6 is 0 Å². The number of aryl methyl sites for hydroxylation is 1. The van der Waals surface area contributed by atoms with Crippen molar-refractivity contribution in [1.29, 1.82) is 0 Å². The van der Waals surface area contributed by atoms with Crippen LogP contribution in [-0.2, 0) is 6.54 Å². The number of hydrogen-bond donors (Lipinski definition) is 0. The summed E-state index contributed by atoms with van der Waals surface area (Å²) in [5.41, 5.74) is 2.46. The Labute approximate surface area is 152 Å². The molecule has 2 heterocycles. The van der Waals surface area contributed by atoms with Gasteiger partial charge in [-0.1, -0.05) is 30.3 Å². The number of carbonyl (C=O) groups is 1. The molecule has 1 aliphatic rings. The van der Waals surface area contributed by atoms with E-state index in [1.807, 2.05) is 54.1 Å². The second kappa shape index (κ2) is 7.07. The van der Waals surface area contributed by atoms with Gasteiger partial charge in [-0.2, -0.15) is 10.2 Å². The smallest absolute Gasteiger partial charge is 0.278 e. The van der Waals surface area contributed by atoms with Gasteiger partial charge in [0.25, 0.3) is 5.91 Å². The van der Waals surface area contributed by atoms with Crippen LogP contribution in [0.2, 0.25) is 0 Å².